The highest BCUT2D eigenvalue weighted by atomic mass is 16.4. The van der Waals surface area contributed by atoms with Crippen molar-refractivity contribution in [3.05, 3.63) is 42.4 Å². The van der Waals surface area contributed by atoms with Crippen LogP contribution < -0.4 is 15.5 Å². The third kappa shape index (κ3) is 4.65. The monoisotopic (exact) mass is 504 g/mol. The molecule has 0 bridgehead atoms. The van der Waals surface area contributed by atoms with E-state index in [4.69, 9.17) is 10.2 Å². The third-order valence-electron chi connectivity index (χ3n) is 7.02. The number of piperazine rings is 1. The number of pyridine rings is 1. The van der Waals surface area contributed by atoms with Gasteiger partial charge in [-0.05, 0) is 37.0 Å². The van der Waals surface area contributed by atoms with Gasteiger partial charge in [0.1, 0.15) is 5.56 Å². The zero-order chi connectivity index (χ0) is 25.4. The summed E-state index contributed by atoms with van der Waals surface area (Å²) in [6, 6.07) is 5.35. The lowest BCUT2D eigenvalue weighted by Gasteiger charge is -2.40. The van der Waals surface area contributed by atoms with E-state index in [1.54, 1.807) is 30.7 Å². The Bertz CT molecular complexity index is 1400. The molecule has 0 saturated carbocycles. The average molecular weight is 505 g/mol. The zero-order valence-corrected chi connectivity index (χ0v) is 20.3. The molecule has 0 aliphatic carbocycles. The topological polar surface area (TPSA) is 155 Å². The molecule has 13 nitrogen and oxygen atoms in total. The molecule has 1 atom stereocenters. The Labute approximate surface area is 212 Å². The van der Waals surface area contributed by atoms with Gasteiger partial charge in [-0.15, -0.1) is 5.10 Å². The van der Waals surface area contributed by atoms with Crippen molar-refractivity contribution in [2.24, 2.45) is 5.92 Å². The van der Waals surface area contributed by atoms with Crippen molar-refractivity contribution >= 4 is 29.3 Å². The minimum Gasteiger partial charge on any atom is -0.478 e. The Kier molecular flexibility index (Phi) is 6.04. The number of nitrogen functional groups attached to an aromatic ring is 1. The van der Waals surface area contributed by atoms with E-state index in [-0.39, 0.29) is 11.5 Å². The molecule has 13 heteroatoms. The molecular weight excluding hydrogens is 476 g/mol. The molecule has 0 amide bonds. The van der Waals surface area contributed by atoms with Gasteiger partial charge in [-0.2, -0.15) is 19.5 Å². The first-order chi connectivity index (χ1) is 18.0. The molecule has 3 N–H and O–H groups in total. The van der Waals surface area contributed by atoms with Gasteiger partial charge in [-0.1, -0.05) is 0 Å². The normalized spacial score (nSPS) is 19.0. The van der Waals surface area contributed by atoms with Crippen molar-refractivity contribution < 1.29 is 14.3 Å². The lowest BCUT2D eigenvalue weighted by molar-refractivity contribution is 0.0697. The molecule has 0 spiro atoms. The molecule has 4 aromatic rings. The number of hydrogen-bond donors (Lipinski definition) is 2. The number of carbonyl (C=O) groups is 1. The van der Waals surface area contributed by atoms with E-state index < -0.39 is 5.97 Å². The number of fused-ring (bicyclic) bond motifs is 1. The van der Waals surface area contributed by atoms with Crippen molar-refractivity contribution in [1.29, 1.82) is 0 Å². The maximum absolute atomic E-state index is 11.6. The van der Waals surface area contributed by atoms with Crippen LogP contribution in [0.25, 0.3) is 17.4 Å². The number of nitrogens with zero attached hydrogens (tertiary/aromatic N) is 9. The summed E-state index contributed by atoms with van der Waals surface area (Å²) in [6.07, 6.45) is 6.82. The van der Waals surface area contributed by atoms with Crippen molar-refractivity contribution in [3.8, 4) is 11.6 Å². The fourth-order valence-corrected chi connectivity index (χ4v) is 5.21. The molecule has 0 aromatic carbocycles. The molecule has 6 heterocycles. The van der Waals surface area contributed by atoms with Crippen LogP contribution in [0.5, 0.6) is 0 Å². The molecule has 4 aromatic heterocycles. The molecule has 192 valence electrons. The van der Waals surface area contributed by atoms with E-state index in [1.807, 2.05) is 0 Å². The predicted octanol–water partition coefficient (Wildman–Crippen LogP) is 1.49. The van der Waals surface area contributed by atoms with Crippen LogP contribution in [0.3, 0.4) is 0 Å². The Morgan fingerprint density at radius 1 is 1.11 bits per heavy atom. The second-order valence-corrected chi connectivity index (χ2v) is 9.45. The van der Waals surface area contributed by atoms with E-state index in [1.165, 1.54) is 10.7 Å². The standard InChI is InChI=1S/C24H28N10O3/c25-22-28-23(29-24-27-20(30-34(22)24)19-4-2-12-37-19)33-7-1-3-16(15-33)14-31-8-10-32(11-9-31)18-5-6-26-13-17(18)21(35)36/h2,4-6,12-13,16H,1,3,7-11,14-15H2,(H,35,36)(H2,25,27,28,29,30). The predicted molar refractivity (Wildman–Crippen MR) is 135 cm³/mol. The van der Waals surface area contributed by atoms with Gasteiger partial charge in [0.05, 0.1) is 12.0 Å². The van der Waals surface area contributed by atoms with Gasteiger partial charge in [-0.25, -0.2) is 4.79 Å². The number of rotatable bonds is 6. The highest BCUT2D eigenvalue weighted by molar-refractivity contribution is 5.94. The van der Waals surface area contributed by atoms with Gasteiger partial charge < -0.3 is 25.1 Å². The molecule has 1 unspecified atom stereocenters. The number of aromatic nitrogens is 6. The van der Waals surface area contributed by atoms with Crippen LogP contribution in [0.4, 0.5) is 17.6 Å². The lowest BCUT2D eigenvalue weighted by Crippen LogP contribution is -2.50. The highest BCUT2D eigenvalue weighted by Crippen LogP contribution is 2.25. The summed E-state index contributed by atoms with van der Waals surface area (Å²) in [4.78, 5) is 36.0. The summed E-state index contributed by atoms with van der Waals surface area (Å²) in [7, 11) is 0. The van der Waals surface area contributed by atoms with Gasteiger partial charge in [0.2, 0.25) is 17.7 Å². The van der Waals surface area contributed by atoms with E-state index in [2.05, 4.69) is 39.7 Å². The lowest BCUT2D eigenvalue weighted by atomic mass is 9.97. The maximum atomic E-state index is 11.6. The molecule has 2 aliphatic rings. The number of aromatic carboxylic acids is 1. The minimum atomic E-state index is -0.947. The zero-order valence-electron chi connectivity index (χ0n) is 20.3. The SMILES string of the molecule is Nc1nc(N2CCCC(CN3CCN(c4ccncc4C(=O)O)CC3)C2)nc2nc(-c3ccco3)nn12. The minimum absolute atomic E-state index is 0.236. The van der Waals surface area contributed by atoms with E-state index in [0.717, 1.165) is 64.3 Å². The number of nitrogens with two attached hydrogens (primary N) is 1. The van der Waals surface area contributed by atoms with E-state index in [9.17, 15) is 9.90 Å². The molecular formula is C24H28N10O3. The van der Waals surface area contributed by atoms with Crippen LogP contribution in [0, 0.1) is 5.92 Å². The summed E-state index contributed by atoms with van der Waals surface area (Å²) in [5.41, 5.74) is 7.19. The van der Waals surface area contributed by atoms with Crippen molar-refractivity contribution in [3.63, 3.8) is 0 Å². The molecule has 2 saturated heterocycles. The van der Waals surface area contributed by atoms with E-state index in [0.29, 0.717) is 29.2 Å². The van der Waals surface area contributed by atoms with Crippen LogP contribution in [-0.2, 0) is 0 Å². The van der Waals surface area contributed by atoms with Crippen molar-refractivity contribution in [1.82, 2.24) is 34.4 Å². The van der Waals surface area contributed by atoms with Crippen molar-refractivity contribution in [2.75, 3.05) is 61.3 Å². The van der Waals surface area contributed by atoms with E-state index >= 15 is 0 Å². The van der Waals surface area contributed by atoms with Crippen LogP contribution in [0.2, 0.25) is 0 Å². The fourth-order valence-electron chi connectivity index (χ4n) is 5.21. The molecule has 2 aliphatic heterocycles. The first kappa shape index (κ1) is 23.2. The highest BCUT2D eigenvalue weighted by Gasteiger charge is 2.27. The van der Waals surface area contributed by atoms with Crippen LogP contribution >= 0.6 is 0 Å². The molecule has 2 fully saturated rings. The van der Waals surface area contributed by atoms with Gasteiger partial charge in [0.25, 0.3) is 5.78 Å². The van der Waals surface area contributed by atoms with Crippen LogP contribution in [0.1, 0.15) is 23.2 Å². The smallest absolute Gasteiger partial charge is 0.339 e. The number of carboxylic acids is 1. The van der Waals surface area contributed by atoms with Crippen LogP contribution in [-0.4, -0.2) is 91.3 Å². The quantitative estimate of drug-likeness (QED) is 0.391. The summed E-state index contributed by atoms with van der Waals surface area (Å²) in [5.74, 6) is 1.68. The summed E-state index contributed by atoms with van der Waals surface area (Å²) >= 11 is 0. The molecule has 37 heavy (non-hydrogen) atoms. The summed E-state index contributed by atoms with van der Waals surface area (Å²) in [6.45, 7) is 5.98. The summed E-state index contributed by atoms with van der Waals surface area (Å²) < 4.78 is 6.83. The Morgan fingerprint density at radius 3 is 2.76 bits per heavy atom. The first-order valence-corrected chi connectivity index (χ1v) is 12.4. The Balaban J connectivity index is 1.10. The maximum Gasteiger partial charge on any atom is 0.339 e. The fraction of sp³-hybridized carbons (Fsp3) is 0.417. The number of carboxylic acid groups (broad SMARTS) is 1. The second-order valence-electron chi connectivity index (χ2n) is 9.45. The average Bonchev–Trinajstić information content (AvgIpc) is 3.60. The van der Waals surface area contributed by atoms with Gasteiger partial charge in [-0.3, -0.25) is 9.88 Å². The third-order valence-corrected chi connectivity index (χ3v) is 7.02. The number of anilines is 3. The number of hydrogen-bond acceptors (Lipinski definition) is 11. The first-order valence-electron chi connectivity index (χ1n) is 12.4. The largest absolute Gasteiger partial charge is 0.478 e. The van der Waals surface area contributed by atoms with Gasteiger partial charge >= 0.3 is 5.97 Å². The van der Waals surface area contributed by atoms with Gasteiger partial charge in [0, 0.05) is 58.2 Å². The molecule has 0 radical (unpaired) electrons. The van der Waals surface area contributed by atoms with Crippen LogP contribution in [0.15, 0.2) is 41.3 Å². The van der Waals surface area contributed by atoms with Crippen molar-refractivity contribution in [2.45, 2.75) is 12.8 Å². The molecule has 6 rings (SSSR count). The van der Waals surface area contributed by atoms with Gasteiger partial charge in [0.15, 0.2) is 5.76 Å². The number of piperidine rings is 1. The second kappa shape index (κ2) is 9.65. The summed E-state index contributed by atoms with van der Waals surface area (Å²) in [5, 5.41) is 13.9. The Hall–Kier alpha value is -4.26. The number of furan rings is 1. The Morgan fingerprint density at radius 2 is 1.97 bits per heavy atom.